The molecule has 0 saturated carbocycles. The lowest BCUT2D eigenvalue weighted by Gasteiger charge is -2.22. The smallest absolute Gasteiger partial charge is 0.169 e. The summed E-state index contributed by atoms with van der Waals surface area (Å²) in [6.07, 6.45) is 0.706. The molecule has 1 atom stereocenters. The number of ether oxygens (including phenoxy) is 2. The molecule has 0 aromatic heterocycles. The van der Waals surface area contributed by atoms with Crippen molar-refractivity contribution >= 4 is 0 Å². The van der Waals surface area contributed by atoms with Gasteiger partial charge in [0.15, 0.2) is 6.29 Å². The van der Waals surface area contributed by atoms with E-state index in [1.54, 1.807) is 14.2 Å². The van der Waals surface area contributed by atoms with Crippen molar-refractivity contribution in [1.29, 1.82) is 0 Å². The highest BCUT2D eigenvalue weighted by molar-refractivity contribution is 5.23. The topological polar surface area (TPSA) is 30.5 Å². The largest absolute Gasteiger partial charge is 0.355 e. The monoisotopic (exact) mass is 285 g/mol. The second-order valence-electron chi connectivity index (χ2n) is 4.96. The number of benzene rings is 2. The fourth-order valence-electron chi connectivity index (χ4n) is 2.34. The van der Waals surface area contributed by atoms with Crippen molar-refractivity contribution < 1.29 is 9.47 Å². The quantitative estimate of drug-likeness (QED) is 0.756. The van der Waals surface area contributed by atoms with Crippen molar-refractivity contribution in [3.05, 3.63) is 71.8 Å². The van der Waals surface area contributed by atoms with Crippen LogP contribution in [0.25, 0.3) is 0 Å². The van der Waals surface area contributed by atoms with Gasteiger partial charge in [-0.1, -0.05) is 60.7 Å². The van der Waals surface area contributed by atoms with Crippen molar-refractivity contribution in [2.45, 2.75) is 18.8 Å². The molecule has 3 heteroatoms. The van der Waals surface area contributed by atoms with E-state index in [4.69, 9.17) is 9.47 Å². The van der Waals surface area contributed by atoms with Crippen LogP contribution in [0.4, 0.5) is 0 Å². The highest BCUT2D eigenvalue weighted by Gasteiger charge is 2.14. The van der Waals surface area contributed by atoms with E-state index in [2.05, 4.69) is 53.8 Å². The maximum absolute atomic E-state index is 5.25. The van der Waals surface area contributed by atoms with Gasteiger partial charge in [-0.25, -0.2) is 0 Å². The van der Waals surface area contributed by atoms with Gasteiger partial charge in [-0.05, 0) is 17.5 Å². The summed E-state index contributed by atoms with van der Waals surface area (Å²) >= 11 is 0. The molecular formula is C18H23NO2. The van der Waals surface area contributed by atoms with Gasteiger partial charge in [0.05, 0.1) is 0 Å². The van der Waals surface area contributed by atoms with E-state index in [0.717, 1.165) is 6.42 Å². The fraction of sp³-hybridized carbons (Fsp3) is 0.333. The van der Waals surface area contributed by atoms with Crippen molar-refractivity contribution in [3.63, 3.8) is 0 Å². The van der Waals surface area contributed by atoms with Gasteiger partial charge in [0.1, 0.15) is 0 Å². The van der Waals surface area contributed by atoms with Crippen molar-refractivity contribution in [2.24, 2.45) is 0 Å². The Balaban J connectivity index is 2.07. The fourth-order valence-corrected chi connectivity index (χ4v) is 2.34. The van der Waals surface area contributed by atoms with Crippen LogP contribution in [0.5, 0.6) is 0 Å². The highest BCUT2D eigenvalue weighted by atomic mass is 16.7. The summed E-state index contributed by atoms with van der Waals surface area (Å²) in [5.74, 6) is 0. The van der Waals surface area contributed by atoms with Crippen molar-refractivity contribution in [3.8, 4) is 0 Å². The van der Waals surface area contributed by atoms with Crippen LogP contribution in [0.1, 0.15) is 17.2 Å². The van der Waals surface area contributed by atoms with Crippen LogP contribution in [-0.4, -0.2) is 27.1 Å². The Hall–Kier alpha value is -1.68. The minimum atomic E-state index is -0.230. The summed E-state index contributed by atoms with van der Waals surface area (Å²) in [5.41, 5.74) is 2.58. The van der Waals surface area contributed by atoms with E-state index in [1.807, 2.05) is 12.1 Å². The third kappa shape index (κ3) is 4.97. The SMILES string of the molecule is COC(CNC(Cc1ccccc1)c1ccccc1)OC. The Bertz CT molecular complexity index is 497. The first-order chi connectivity index (χ1) is 10.3. The van der Waals surface area contributed by atoms with E-state index in [-0.39, 0.29) is 12.3 Å². The molecule has 1 unspecified atom stereocenters. The van der Waals surface area contributed by atoms with Gasteiger partial charge >= 0.3 is 0 Å². The van der Waals surface area contributed by atoms with Crippen molar-refractivity contribution in [1.82, 2.24) is 5.32 Å². The third-order valence-electron chi connectivity index (χ3n) is 3.54. The maximum atomic E-state index is 5.25. The Morgan fingerprint density at radius 2 is 1.43 bits per heavy atom. The zero-order valence-electron chi connectivity index (χ0n) is 12.7. The Morgan fingerprint density at radius 1 is 0.857 bits per heavy atom. The van der Waals surface area contributed by atoms with E-state index < -0.39 is 0 Å². The molecule has 21 heavy (non-hydrogen) atoms. The van der Waals surface area contributed by atoms with Crippen LogP contribution in [-0.2, 0) is 15.9 Å². The zero-order valence-corrected chi connectivity index (χ0v) is 12.7. The summed E-state index contributed by atoms with van der Waals surface area (Å²) in [6.45, 7) is 0.652. The van der Waals surface area contributed by atoms with Crippen molar-refractivity contribution in [2.75, 3.05) is 20.8 Å². The standard InChI is InChI=1S/C18H23NO2/c1-20-18(21-2)14-19-17(16-11-7-4-8-12-16)13-15-9-5-3-6-10-15/h3-12,17-19H,13-14H2,1-2H3. The van der Waals surface area contributed by atoms with Gasteiger partial charge in [-0.15, -0.1) is 0 Å². The molecule has 0 fully saturated rings. The highest BCUT2D eigenvalue weighted by Crippen LogP contribution is 2.18. The second kappa shape index (κ2) is 8.57. The molecule has 2 rings (SSSR count). The average molecular weight is 285 g/mol. The molecule has 0 heterocycles. The normalized spacial score (nSPS) is 12.5. The molecule has 1 N–H and O–H groups in total. The Morgan fingerprint density at radius 3 is 2.00 bits per heavy atom. The lowest BCUT2D eigenvalue weighted by atomic mass is 9.99. The van der Waals surface area contributed by atoms with E-state index >= 15 is 0 Å². The van der Waals surface area contributed by atoms with Gasteiger partial charge in [0, 0.05) is 26.8 Å². The van der Waals surface area contributed by atoms with Gasteiger partial charge in [-0.2, -0.15) is 0 Å². The molecule has 0 spiro atoms. The molecule has 112 valence electrons. The average Bonchev–Trinajstić information content (AvgIpc) is 2.56. The molecule has 3 nitrogen and oxygen atoms in total. The van der Waals surface area contributed by atoms with Crippen LogP contribution >= 0.6 is 0 Å². The Kier molecular flexibility index (Phi) is 6.41. The van der Waals surface area contributed by atoms with Crippen LogP contribution in [0.2, 0.25) is 0 Å². The molecular weight excluding hydrogens is 262 g/mol. The van der Waals surface area contributed by atoms with E-state index in [9.17, 15) is 0 Å². The van der Waals surface area contributed by atoms with Gasteiger partial charge in [-0.3, -0.25) is 0 Å². The van der Waals surface area contributed by atoms with Crippen LogP contribution < -0.4 is 5.32 Å². The number of nitrogens with one attached hydrogen (secondary N) is 1. The third-order valence-corrected chi connectivity index (χ3v) is 3.54. The first kappa shape index (κ1) is 15.7. The first-order valence-corrected chi connectivity index (χ1v) is 7.21. The molecule has 0 radical (unpaired) electrons. The summed E-state index contributed by atoms with van der Waals surface area (Å²) in [7, 11) is 3.31. The summed E-state index contributed by atoms with van der Waals surface area (Å²) < 4.78 is 10.5. The van der Waals surface area contributed by atoms with Crippen LogP contribution in [0, 0.1) is 0 Å². The van der Waals surface area contributed by atoms with E-state index in [0.29, 0.717) is 6.54 Å². The Labute approximate surface area is 126 Å². The maximum Gasteiger partial charge on any atom is 0.169 e. The molecule has 2 aromatic carbocycles. The number of rotatable bonds is 8. The molecule has 2 aromatic rings. The number of methoxy groups -OCH3 is 2. The van der Waals surface area contributed by atoms with Crippen LogP contribution in [0.15, 0.2) is 60.7 Å². The lowest BCUT2D eigenvalue weighted by Crippen LogP contribution is -2.33. The lowest BCUT2D eigenvalue weighted by molar-refractivity contribution is -0.0999. The summed E-state index contributed by atoms with van der Waals surface area (Å²) in [5, 5.41) is 3.54. The molecule has 0 aliphatic carbocycles. The minimum Gasteiger partial charge on any atom is -0.355 e. The van der Waals surface area contributed by atoms with Crippen LogP contribution in [0.3, 0.4) is 0 Å². The van der Waals surface area contributed by atoms with E-state index in [1.165, 1.54) is 11.1 Å². The predicted molar refractivity (Wildman–Crippen MR) is 85.1 cm³/mol. The second-order valence-corrected chi connectivity index (χ2v) is 4.96. The molecule has 0 saturated heterocycles. The summed E-state index contributed by atoms with van der Waals surface area (Å²) in [4.78, 5) is 0. The summed E-state index contributed by atoms with van der Waals surface area (Å²) in [6, 6.07) is 21.2. The van der Waals surface area contributed by atoms with Gasteiger partial charge in [0.2, 0.25) is 0 Å². The number of hydrogen-bond donors (Lipinski definition) is 1. The predicted octanol–water partition coefficient (Wildman–Crippen LogP) is 3.18. The first-order valence-electron chi connectivity index (χ1n) is 7.21. The molecule has 0 amide bonds. The van der Waals surface area contributed by atoms with Gasteiger partial charge < -0.3 is 14.8 Å². The molecule has 0 aliphatic rings. The molecule has 0 bridgehead atoms. The number of hydrogen-bond acceptors (Lipinski definition) is 3. The zero-order chi connectivity index (χ0) is 14.9. The minimum absolute atomic E-state index is 0.230. The molecule has 0 aliphatic heterocycles. The van der Waals surface area contributed by atoms with Gasteiger partial charge in [0.25, 0.3) is 0 Å².